The molecule has 5 nitrogen and oxygen atoms in total. The molecule has 0 aliphatic carbocycles. The van der Waals surface area contributed by atoms with Gasteiger partial charge in [0.25, 0.3) is 6.43 Å². The van der Waals surface area contributed by atoms with Gasteiger partial charge in [-0.1, -0.05) is 0 Å². The summed E-state index contributed by atoms with van der Waals surface area (Å²) in [4.78, 5) is 13.6. The van der Waals surface area contributed by atoms with Crippen LogP contribution in [0.15, 0.2) is 6.07 Å². The zero-order valence-electron chi connectivity index (χ0n) is 9.87. The van der Waals surface area contributed by atoms with E-state index in [0.717, 1.165) is 13.2 Å². The third kappa shape index (κ3) is 4.21. The number of pyridine rings is 1. The number of hydrogen-bond donors (Lipinski definition) is 1. The van der Waals surface area contributed by atoms with Crippen molar-refractivity contribution in [2.75, 3.05) is 7.11 Å². The summed E-state index contributed by atoms with van der Waals surface area (Å²) >= 11 is 0. The Kier molecular flexibility index (Phi) is 4.69. The number of halogens is 5. The first-order chi connectivity index (χ1) is 9.14. The molecule has 0 radical (unpaired) electrons. The van der Waals surface area contributed by atoms with E-state index in [4.69, 9.17) is 5.11 Å². The molecule has 0 aliphatic heterocycles. The van der Waals surface area contributed by atoms with Crippen LogP contribution in [0.2, 0.25) is 0 Å². The quantitative estimate of drug-likeness (QED) is 0.846. The van der Waals surface area contributed by atoms with Crippen molar-refractivity contribution in [3.8, 4) is 11.6 Å². The highest BCUT2D eigenvalue weighted by Gasteiger charge is 2.36. The number of alkyl halides is 5. The molecule has 0 atom stereocenters. The normalized spacial score (nSPS) is 11.6. The van der Waals surface area contributed by atoms with Crippen molar-refractivity contribution < 1.29 is 41.3 Å². The van der Waals surface area contributed by atoms with Gasteiger partial charge in [0.1, 0.15) is 11.3 Å². The summed E-state index contributed by atoms with van der Waals surface area (Å²) in [5.74, 6) is -3.46. The van der Waals surface area contributed by atoms with Crippen LogP contribution in [-0.2, 0) is 11.2 Å². The molecule has 0 aromatic carbocycles. The maximum absolute atomic E-state index is 12.8. The minimum absolute atomic E-state index is 0.405. The zero-order chi connectivity index (χ0) is 15.5. The smallest absolute Gasteiger partial charge is 0.496 e. The number of aromatic nitrogens is 1. The number of carbonyl (C=O) groups is 1. The third-order valence-electron chi connectivity index (χ3n) is 2.02. The first-order valence-corrected chi connectivity index (χ1v) is 4.97. The Bertz CT molecular complexity index is 503. The monoisotopic (exact) mass is 301 g/mol. The number of rotatable bonds is 5. The zero-order valence-corrected chi connectivity index (χ0v) is 9.87. The van der Waals surface area contributed by atoms with Crippen LogP contribution >= 0.6 is 0 Å². The van der Waals surface area contributed by atoms with E-state index >= 15 is 0 Å². The lowest BCUT2D eigenvalue weighted by atomic mass is 10.2. The van der Waals surface area contributed by atoms with E-state index < -0.39 is 48.1 Å². The van der Waals surface area contributed by atoms with Crippen LogP contribution in [-0.4, -0.2) is 29.5 Å². The molecule has 1 N–H and O–H groups in total. The van der Waals surface area contributed by atoms with Gasteiger partial charge < -0.3 is 14.6 Å². The summed E-state index contributed by atoms with van der Waals surface area (Å²) < 4.78 is 69.9. The first kappa shape index (κ1) is 15.9. The largest absolute Gasteiger partial charge is 0.574 e. The van der Waals surface area contributed by atoms with Gasteiger partial charge in [-0.25, -0.2) is 13.8 Å². The lowest BCUT2D eigenvalue weighted by Gasteiger charge is -2.15. The number of aliphatic carboxylic acids is 1. The second kappa shape index (κ2) is 5.88. The second-order valence-corrected chi connectivity index (χ2v) is 3.45. The molecule has 0 aliphatic rings. The molecule has 0 unspecified atom stereocenters. The molecule has 10 heteroatoms. The van der Waals surface area contributed by atoms with Gasteiger partial charge in [-0.2, -0.15) is 0 Å². The van der Waals surface area contributed by atoms with Crippen molar-refractivity contribution in [1.29, 1.82) is 0 Å². The predicted molar refractivity (Wildman–Crippen MR) is 53.8 cm³/mol. The van der Waals surface area contributed by atoms with Crippen molar-refractivity contribution in [3.05, 3.63) is 17.3 Å². The SMILES string of the molecule is COc1cc(CC(=O)O)nc(OC(F)(F)F)c1C(F)F. The molecular weight excluding hydrogens is 293 g/mol. The molecule has 1 heterocycles. The number of methoxy groups -OCH3 is 1. The first-order valence-electron chi connectivity index (χ1n) is 4.97. The lowest BCUT2D eigenvalue weighted by molar-refractivity contribution is -0.276. The summed E-state index contributed by atoms with van der Waals surface area (Å²) in [6.45, 7) is 0. The lowest BCUT2D eigenvalue weighted by Crippen LogP contribution is -2.20. The number of carboxylic acid groups (broad SMARTS) is 1. The summed E-state index contributed by atoms with van der Waals surface area (Å²) in [6.07, 6.45) is -9.36. The van der Waals surface area contributed by atoms with Crippen LogP contribution in [0.1, 0.15) is 17.7 Å². The van der Waals surface area contributed by atoms with Crippen molar-refractivity contribution in [1.82, 2.24) is 4.98 Å². The Morgan fingerprint density at radius 3 is 2.45 bits per heavy atom. The fourth-order valence-corrected chi connectivity index (χ4v) is 1.36. The van der Waals surface area contributed by atoms with Gasteiger partial charge in [0, 0.05) is 6.07 Å². The van der Waals surface area contributed by atoms with Gasteiger partial charge in [-0.05, 0) is 0 Å². The fourth-order valence-electron chi connectivity index (χ4n) is 1.36. The minimum Gasteiger partial charge on any atom is -0.496 e. The third-order valence-corrected chi connectivity index (χ3v) is 2.02. The number of carboxylic acids is 1. The summed E-state index contributed by atoms with van der Waals surface area (Å²) in [5.41, 5.74) is -1.60. The molecule has 1 rings (SSSR count). The standard InChI is InChI=1S/C10H8F5NO4/c1-19-5-2-4(3-6(17)18)16-9(7(5)8(11)12)20-10(13,14)15/h2,8H,3H2,1H3,(H,17,18). The molecule has 0 saturated carbocycles. The van der Waals surface area contributed by atoms with Gasteiger partial charge in [-0.15, -0.1) is 13.2 Å². The average molecular weight is 301 g/mol. The van der Waals surface area contributed by atoms with E-state index in [0.29, 0.717) is 0 Å². The van der Waals surface area contributed by atoms with Crippen LogP contribution in [0.25, 0.3) is 0 Å². The second-order valence-electron chi connectivity index (χ2n) is 3.45. The highest BCUT2D eigenvalue weighted by atomic mass is 19.4. The Labute approximate surface area is 108 Å². The predicted octanol–water partition coefficient (Wildman–Crippen LogP) is 2.55. The molecule has 0 fully saturated rings. The molecule has 1 aromatic rings. The molecule has 1 aromatic heterocycles. The summed E-state index contributed by atoms with van der Waals surface area (Å²) in [6, 6.07) is 0.818. The van der Waals surface area contributed by atoms with Crippen LogP contribution in [0.3, 0.4) is 0 Å². The Hall–Kier alpha value is -2.13. The van der Waals surface area contributed by atoms with E-state index in [2.05, 4.69) is 14.5 Å². The van der Waals surface area contributed by atoms with Gasteiger partial charge in [0.2, 0.25) is 5.88 Å². The number of hydrogen-bond acceptors (Lipinski definition) is 4. The van der Waals surface area contributed by atoms with E-state index in [9.17, 15) is 26.7 Å². The molecule has 0 bridgehead atoms. The van der Waals surface area contributed by atoms with E-state index in [1.165, 1.54) is 0 Å². The Balaban J connectivity index is 3.37. The van der Waals surface area contributed by atoms with Crippen LogP contribution in [0.4, 0.5) is 22.0 Å². The van der Waals surface area contributed by atoms with Crippen molar-refractivity contribution in [2.24, 2.45) is 0 Å². The van der Waals surface area contributed by atoms with E-state index in [1.54, 1.807) is 0 Å². The van der Waals surface area contributed by atoms with Crippen molar-refractivity contribution >= 4 is 5.97 Å². The molecule has 20 heavy (non-hydrogen) atoms. The van der Waals surface area contributed by atoms with Crippen LogP contribution in [0, 0.1) is 0 Å². The Morgan fingerprint density at radius 2 is 2.05 bits per heavy atom. The molecule has 0 amide bonds. The maximum atomic E-state index is 12.8. The van der Waals surface area contributed by atoms with Gasteiger partial charge in [0.05, 0.1) is 19.2 Å². The van der Waals surface area contributed by atoms with Crippen molar-refractivity contribution in [3.63, 3.8) is 0 Å². The van der Waals surface area contributed by atoms with E-state index in [-0.39, 0.29) is 0 Å². The fraction of sp³-hybridized carbons (Fsp3) is 0.400. The summed E-state index contributed by atoms with van der Waals surface area (Å²) in [5, 5.41) is 8.54. The minimum atomic E-state index is -5.25. The number of nitrogens with zero attached hydrogens (tertiary/aromatic N) is 1. The van der Waals surface area contributed by atoms with Gasteiger partial charge in [-0.3, -0.25) is 4.79 Å². The molecule has 0 spiro atoms. The molecule has 112 valence electrons. The highest BCUT2D eigenvalue weighted by Crippen LogP contribution is 2.38. The molecular formula is C10H8F5NO4. The van der Waals surface area contributed by atoms with E-state index in [1.807, 2.05) is 0 Å². The van der Waals surface area contributed by atoms with Crippen LogP contribution < -0.4 is 9.47 Å². The number of ether oxygens (including phenoxy) is 2. The van der Waals surface area contributed by atoms with Gasteiger partial charge >= 0.3 is 12.3 Å². The molecule has 0 saturated heterocycles. The van der Waals surface area contributed by atoms with Crippen LogP contribution in [0.5, 0.6) is 11.6 Å². The highest BCUT2D eigenvalue weighted by molar-refractivity contribution is 5.70. The summed E-state index contributed by atoms with van der Waals surface area (Å²) in [7, 11) is 0.948. The Morgan fingerprint density at radius 1 is 1.45 bits per heavy atom. The average Bonchev–Trinajstić information content (AvgIpc) is 2.24. The maximum Gasteiger partial charge on any atom is 0.574 e. The topological polar surface area (TPSA) is 68.7 Å². The van der Waals surface area contributed by atoms with Gasteiger partial charge in [0.15, 0.2) is 0 Å². The van der Waals surface area contributed by atoms with Crippen molar-refractivity contribution in [2.45, 2.75) is 19.2 Å².